The van der Waals surface area contributed by atoms with Gasteiger partial charge in [0.15, 0.2) is 11.6 Å². The van der Waals surface area contributed by atoms with E-state index in [9.17, 15) is 4.39 Å². The number of ether oxygens (including phenoxy) is 1. The second-order valence-electron chi connectivity index (χ2n) is 3.96. The highest BCUT2D eigenvalue weighted by molar-refractivity contribution is 9.11. The Morgan fingerprint density at radius 2 is 1.63 bits per heavy atom. The molecular formula is C14H10Br3FO. The third-order valence-corrected chi connectivity index (χ3v) is 4.62. The van der Waals surface area contributed by atoms with E-state index in [1.54, 1.807) is 6.07 Å². The molecule has 100 valence electrons. The Hall–Kier alpha value is -0.390. The first-order chi connectivity index (χ1) is 9.01. The SMILES string of the molecule is COc1ccc(C(Br)c2cc(Br)cc(Br)c2)cc1F. The van der Waals surface area contributed by atoms with Crippen molar-refractivity contribution in [3.63, 3.8) is 0 Å². The maximum Gasteiger partial charge on any atom is 0.165 e. The summed E-state index contributed by atoms with van der Waals surface area (Å²) in [5, 5.41) is 0. The topological polar surface area (TPSA) is 9.23 Å². The minimum absolute atomic E-state index is 0.0818. The lowest BCUT2D eigenvalue weighted by atomic mass is 10.0. The maximum atomic E-state index is 13.7. The average molecular weight is 453 g/mol. The van der Waals surface area contributed by atoms with Gasteiger partial charge in [-0.05, 0) is 41.5 Å². The number of methoxy groups -OCH3 is 1. The highest BCUT2D eigenvalue weighted by Crippen LogP contribution is 2.35. The first kappa shape index (κ1) is 15.0. The van der Waals surface area contributed by atoms with Gasteiger partial charge in [0.2, 0.25) is 0 Å². The molecule has 0 fully saturated rings. The van der Waals surface area contributed by atoms with Crippen molar-refractivity contribution in [2.24, 2.45) is 0 Å². The molecule has 1 nitrogen and oxygen atoms in total. The Kier molecular flexibility index (Phi) is 5.03. The molecule has 2 aromatic carbocycles. The summed E-state index contributed by atoms with van der Waals surface area (Å²) in [7, 11) is 1.45. The molecule has 0 radical (unpaired) electrons. The van der Waals surface area contributed by atoms with Crippen LogP contribution >= 0.6 is 47.8 Å². The maximum absolute atomic E-state index is 13.7. The monoisotopic (exact) mass is 450 g/mol. The second kappa shape index (κ2) is 6.37. The quantitative estimate of drug-likeness (QED) is 0.531. The zero-order valence-electron chi connectivity index (χ0n) is 9.96. The molecular weight excluding hydrogens is 443 g/mol. The molecule has 0 aliphatic heterocycles. The molecule has 0 aromatic heterocycles. The summed E-state index contributed by atoms with van der Waals surface area (Å²) >= 11 is 10.5. The normalized spacial score (nSPS) is 12.3. The smallest absolute Gasteiger partial charge is 0.165 e. The van der Waals surface area contributed by atoms with E-state index in [1.165, 1.54) is 13.2 Å². The predicted molar refractivity (Wildman–Crippen MR) is 85.6 cm³/mol. The fourth-order valence-corrected chi connectivity index (χ4v) is 3.63. The van der Waals surface area contributed by atoms with Crippen molar-refractivity contribution in [1.82, 2.24) is 0 Å². The third kappa shape index (κ3) is 3.58. The van der Waals surface area contributed by atoms with Gasteiger partial charge >= 0.3 is 0 Å². The lowest BCUT2D eigenvalue weighted by molar-refractivity contribution is 0.386. The molecule has 0 spiro atoms. The van der Waals surface area contributed by atoms with Crippen LogP contribution in [0.5, 0.6) is 5.75 Å². The third-order valence-electron chi connectivity index (χ3n) is 2.65. The van der Waals surface area contributed by atoms with Crippen molar-refractivity contribution in [2.45, 2.75) is 4.83 Å². The van der Waals surface area contributed by atoms with E-state index >= 15 is 0 Å². The molecule has 0 amide bonds. The zero-order chi connectivity index (χ0) is 14.0. The summed E-state index contributed by atoms with van der Waals surface area (Å²) in [5.74, 6) is -0.114. The van der Waals surface area contributed by atoms with Crippen LogP contribution in [0.1, 0.15) is 16.0 Å². The first-order valence-corrected chi connectivity index (χ1v) is 7.95. The van der Waals surface area contributed by atoms with E-state index in [0.29, 0.717) is 0 Å². The molecule has 1 atom stereocenters. The average Bonchev–Trinajstić information content (AvgIpc) is 2.36. The molecule has 0 aliphatic rings. The van der Waals surface area contributed by atoms with Gasteiger partial charge in [-0.1, -0.05) is 53.9 Å². The molecule has 1 unspecified atom stereocenters. The van der Waals surface area contributed by atoms with Gasteiger partial charge in [0.05, 0.1) is 11.9 Å². The highest BCUT2D eigenvalue weighted by Gasteiger charge is 2.14. The Balaban J connectivity index is 2.38. The predicted octanol–water partition coefficient (Wildman–Crippen LogP) is 5.84. The molecule has 0 heterocycles. The number of halogens is 4. The van der Waals surface area contributed by atoms with Gasteiger partial charge in [0, 0.05) is 8.95 Å². The van der Waals surface area contributed by atoms with Crippen molar-refractivity contribution in [2.75, 3.05) is 7.11 Å². The lowest BCUT2D eigenvalue weighted by Gasteiger charge is -2.13. The van der Waals surface area contributed by atoms with E-state index in [0.717, 1.165) is 20.1 Å². The Labute approximate surface area is 136 Å². The van der Waals surface area contributed by atoms with Crippen LogP contribution in [0.25, 0.3) is 0 Å². The van der Waals surface area contributed by atoms with Crippen LogP contribution in [0.4, 0.5) is 4.39 Å². The number of benzene rings is 2. The van der Waals surface area contributed by atoms with Gasteiger partial charge in [-0.25, -0.2) is 4.39 Å². The number of hydrogen-bond donors (Lipinski definition) is 0. The molecule has 0 saturated carbocycles. The van der Waals surface area contributed by atoms with Crippen molar-refractivity contribution < 1.29 is 9.13 Å². The summed E-state index contributed by atoms with van der Waals surface area (Å²) in [6.45, 7) is 0. The summed E-state index contributed by atoms with van der Waals surface area (Å²) in [6, 6.07) is 10.9. The molecule has 0 N–H and O–H groups in total. The van der Waals surface area contributed by atoms with Crippen LogP contribution in [0.3, 0.4) is 0 Å². The summed E-state index contributed by atoms with van der Waals surface area (Å²) in [4.78, 5) is -0.0818. The van der Waals surface area contributed by atoms with Crippen LogP contribution in [-0.4, -0.2) is 7.11 Å². The van der Waals surface area contributed by atoms with Gasteiger partial charge in [0.25, 0.3) is 0 Å². The Bertz CT molecular complexity index is 581. The van der Waals surface area contributed by atoms with Crippen molar-refractivity contribution in [1.29, 1.82) is 0 Å². The molecule has 0 aliphatic carbocycles. The standard InChI is InChI=1S/C14H10Br3FO/c1-19-13-3-2-8(6-12(13)18)14(17)9-4-10(15)7-11(16)5-9/h2-7,14H,1H3. The Morgan fingerprint density at radius 3 is 2.16 bits per heavy atom. The van der Waals surface area contributed by atoms with E-state index in [4.69, 9.17) is 4.74 Å². The van der Waals surface area contributed by atoms with E-state index < -0.39 is 0 Å². The molecule has 19 heavy (non-hydrogen) atoms. The van der Waals surface area contributed by atoms with Crippen LogP contribution in [0, 0.1) is 5.82 Å². The Morgan fingerprint density at radius 1 is 1.00 bits per heavy atom. The van der Waals surface area contributed by atoms with Crippen molar-refractivity contribution >= 4 is 47.8 Å². The van der Waals surface area contributed by atoms with Gasteiger partial charge in [-0.15, -0.1) is 0 Å². The lowest BCUT2D eigenvalue weighted by Crippen LogP contribution is -1.96. The molecule has 2 aromatic rings. The second-order valence-corrected chi connectivity index (χ2v) is 6.71. The van der Waals surface area contributed by atoms with E-state index in [2.05, 4.69) is 47.8 Å². The molecule has 5 heteroatoms. The van der Waals surface area contributed by atoms with E-state index in [-0.39, 0.29) is 16.4 Å². The molecule has 0 bridgehead atoms. The van der Waals surface area contributed by atoms with Gasteiger partial charge < -0.3 is 4.74 Å². The summed E-state index contributed by atoms with van der Waals surface area (Å²) in [6.07, 6.45) is 0. The zero-order valence-corrected chi connectivity index (χ0v) is 14.7. The fourth-order valence-electron chi connectivity index (χ4n) is 1.75. The minimum Gasteiger partial charge on any atom is -0.494 e. The van der Waals surface area contributed by atoms with E-state index in [1.807, 2.05) is 24.3 Å². The van der Waals surface area contributed by atoms with Gasteiger partial charge in [0.1, 0.15) is 0 Å². The van der Waals surface area contributed by atoms with Crippen LogP contribution in [0.2, 0.25) is 0 Å². The number of hydrogen-bond acceptors (Lipinski definition) is 1. The number of alkyl halides is 1. The highest BCUT2D eigenvalue weighted by atomic mass is 79.9. The summed E-state index contributed by atoms with van der Waals surface area (Å²) in [5.41, 5.74) is 1.87. The van der Waals surface area contributed by atoms with Crippen LogP contribution in [0.15, 0.2) is 45.3 Å². The number of rotatable bonds is 3. The fraction of sp³-hybridized carbons (Fsp3) is 0.143. The van der Waals surface area contributed by atoms with Crippen molar-refractivity contribution in [3.05, 3.63) is 62.3 Å². The van der Waals surface area contributed by atoms with Crippen LogP contribution < -0.4 is 4.74 Å². The largest absolute Gasteiger partial charge is 0.494 e. The van der Waals surface area contributed by atoms with Gasteiger partial charge in [-0.3, -0.25) is 0 Å². The summed E-state index contributed by atoms with van der Waals surface area (Å²) < 4.78 is 20.6. The van der Waals surface area contributed by atoms with Crippen molar-refractivity contribution in [3.8, 4) is 5.75 Å². The molecule has 2 rings (SSSR count). The minimum atomic E-state index is -0.362. The first-order valence-electron chi connectivity index (χ1n) is 5.44. The van der Waals surface area contributed by atoms with Gasteiger partial charge in [-0.2, -0.15) is 0 Å². The molecule has 0 saturated heterocycles. The van der Waals surface area contributed by atoms with Crippen LogP contribution in [-0.2, 0) is 0 Å².